The van der Waals surface area contributed by atoms with Gasteiger partial charge in [-0.05, 0) is 53.2 Å². The maximum Gasteiger partial charge on any atom is 0.255 e. The number of hydrogen-bond donors (Lipinski definition) is 1. The molecule has 0 aromatic heterocycles. The second-order valence-electron chi connectivity index (χ2n) is 4.23. The standard InChI is InChI=1S/C16H16BrNO3/c1-3-21-15-7-5-4-6-13(15)18-16(19)11-8-9-14(20-2)12(17)10-11/h4-10H,3H2,1-2H3,(H,18,19). The molecule has 0 aliphatic carbocycles. The third kappa shape index (κ3) is 3.76. The molecule has 0 aliphatic rings. The van der Waals surface area contributed by atoms with E-state index in [0.29, 0.717) is 29.4 Å². The monoisotopic (exact) mass is 349 g/mol. The average molecular weight is 350 g/mol. The van der Waals surface area contributed by atoms with Gasteiger partial charge in [0.25, 0.3) is 5.91 Å². The fourth-order valence-electron chi connectivity index (χ4n) is 1.85. The number of methoxy groups -OCH3 is 1. The van der Waals surface area contributed by atoms with Crippen LogP contribution >= 0.6 is 15.9 Å². The van der Waals surface area contributed by atoms with E-state index in [9.17, 15) is 4.79 Å². The zero-order chi connectivity index (χ0) is 15.2. The van der Waals surface area contributed by atoms with E-state index in [-0.39, 0.29) is 5.91 Å². The van der Waals surface area contributed by atoms with Gasteiger partial charge in [0.15, 0.2) is 0 Å². The molecule has 1 amide bonds. The zero-order valence-electron chi connectivity index (χ0n) is 11.9. The van der Waals surface area contributed by atoms with Crippen molar-refractivity contribution >= 4 is 27.5 Å². The minimum Gasteiger partial charge on any atom is -0.496 e. The van der Waals surface area contributed by atoms with E-state index in [2.05, 4.69) is 21.2 Å². The van der Waals surface area contributed by atoms with Crippen molar-refractivity contribution in [2.75, 3.05) is 19.0 Å². The van der Waals surface area contributed by atoms with Crippen LogP contribution in [0.3, 0.4) is 0 Å². The number of nitrogens with one attached hydrogen (secondary N) is 1. The van der Waals surface area contributed by atoms with Crippen molar-refractivity contribution < 1.29 is 14.3 Å². The molecule has 0 bridgehead atoms. The summed E-state index contributed by atoms with van der Waals surface area (Å²) in [6, 6.07) is 12.5. The van der Waals surface area contributed by atoms with E-state index in [0.717, 1.165) is 4.47 Å². The van der Waals surface area contributed by atoms with Crippen molar-refractivity contribution in [1.29, 1.82) is 0 Å². The molecule has 0 radical (unpaired) electrons. The minimum absolute atomic E-state index is 0.203. The maximum atomic E-state index is 12.3. The number of benzene rings is 2. The van der Waals surface area contributed by atoms with Crippen LogP contribution in [0.5, 0.6) is 11.5 Å². The third-order valence-electron chi connectivity index (χ3n) is 2.85. The molecule has 2 aromatic carbocycles. The molecule has 21 heavy (non-hydrogen) atoms. The highest BCUT2D eigenvalue weighted by atomic mass is 79.9. The first-order chi connectivity index (χ1) is 10.2. The van der Waals surface area contributed by atoms with Gasteiger partial charge in [0, 0.05) is 5.56 Å². The SMILES string of the molecule is CCOc1ccccc1NC(=O)c1ccc(OC)c(Br)c1. The largest absolute Gasteiger partial charge is 0.496 e. The number of halogens is 1. The van der Waals surface area contributed by atoms with Crippen molar-refractivity contribution in [3.63, 3.8) is 0 Å². The van der Waals surface area contributed by atoms with Crippen molar-refractivity contribution in [2.45, 2.75) is 6.92 Å². The Morgan fingerprint density at radius 1 is 1.19 bits per heavy atom. The fourth-order valence-corrected chi connectivity index (χ4v) is 2.39. The van der Waals surface area contributed by atoms with Crippen LogP contribution in [0.4, 0.5) is 5.69 Å². The van der Waals surface area contributed by atoms with Crippen LogP contribution in [0.25, 0.3) is 0 Å². The Balaban J connectivity index is 2.20. The molecule has 0 aliphatic heterocycles. The summed E-state index contributed by atoms with van der Waals surface area (Å²) in [4.78, 5) is 12.3. The molecule has 0 fully saturated rings. The number of anilines is 1. The van der Waals surface area contributed by atoms with E-state index >= 15 is 0 Å². The lowest BCUT2D eigenvalue weighted by Crippen LogP contribution is -2.13. The quantitative estimate of drug-likeness (QED) is 0.883. The van der Waals surface area contributed by atoms with E-state index in [4.69, 9.17) is 9.47 Å². The van der Waals surface area contributed by atoms with Crippen LogP contribution in [0.1, 0.15) is 17.3 Å². The third-order valence-corrected chi connectivity index (χ3v) is 3.47. The van der Waals surface area contributed by atoms with Crippen molar-refractivity contribution in [3.05, 3.63) is 52.5 Å². The van der Waals surface area contributed by atoms with Gasteiger partial charge in [0.05, 0.1) is 23.9 Å². The van der Waals surface area contributed by atoms with Gasteiger partial charge in [0.1, 0.15) is 11.5 Å². The lowest BCUT2D eigenvalue weighted by molar-refractivity contribution is 0.102. The molecule has 0 saturated carbocycles. The molecule has 0 heterocycles. The highest BCUT2D eigenvalue weighted by Crippen LogP contribution is 2.27. The highest BCUT2D eigenvalue weighted by molar-refractivity contribution is 9.10. The number of hydrogen-bond acceptors (Lipinski definition) is 3. The summed E-state index contributed by atoms with van der Waals surface area (Å²) in [5, 5.41) is 2.85. The Morgan fingerprint density at radius 3 is 2.62 bits per heavy atom. The molecule has 4 nitrogen and oxygen atoms in total. The number of rotatable bonds is 5. The van der Waals surface area contributed by atoms with Gasteiger partial charge >= 0.3 is 0 Å². The summed E-state index contributed by atoms with van der Waals surface area (Å²) in [5.41, 5.74) is 1.19. The zero-order valence-corrected chi connectivity index (χ0v) is 13.4. The second-order valence-corrected chi connectivity index (χ2v) is 5.09. The maximum absolute atomic E-state index is 12.3. The van der Waals surface area contributed by atoms with Gasteiger partial charge in [-0.15, -0.1) is 0 Å². The molecule has 2 rings (SSSR count). The van der Waals surface area contributed by atoms with Crippen LogP contribution in [0, 0.1) is 0 Å². The van der Waals surface area contributed by atoms with E-state index in [1.807, 2.05) is 31.2 Å². The average Bonchev–Trinajstić information content (AvgIpc) is 2.49. The highest BCUT2D eigenvalue weighted by Gasteiger charge is 2.11. The summed E-state index contributed by atoms with van der Waals surface area (Å²) < 4.78 is 11.4. The molecule has 0 saturated heterocycles. The van der Waals surface area contributed by atoms with E-state index < -0.39 is 0 Å². The lowest BCUT2D eigenvalue weighted by Gasteiger charge is -2.12. The van der Waals surface area contributed by atoms with Crippen LogP contribution < -0.4 is 14.8 Å². The van der Waals surface area contributed by atoms with Gasteiger partial charge < -0.3 is 14.8 Å². The topological polar surface area (TPSA) is 47.6 Å². The molecule has 5 heteroatoms. The second kappa shape index (κ2) is 7.13. The summed E-state index contributed by atoms with van der Waals surface area (Å²) >= 11 is 3.37. The number of ether oxygens (including phenoxy) is 2. The Morgan fingerprint density at radius 2 is 1.95 bits per heavy atom. The smallest absolute Gasteiger partial charge is 0.255 e. The fraction of sp³-hybridized carbons (Fsp3) is 0.188. The molecular weight excluding hydrogens is 334 g/mol. The Bertz CT molecular complexity index is 643. The first-order valence-corrected chi connectivity index (χ1v) is 7.31. The lowest BCUT2D eigenvalue weighted by atomic mass is 10.2. The number of carbonyl (C=O) groups is 1. The van der Waals surface area contributed by atoms with Crippen molar-refractivity contribution in [3.8, 4) is 11.5 Å². The molecule has 2 aromatic rings. The minimum atomic E-state index is -0.203. The van der Waals surface area contributed by atoms with E-state index in [1.54, 1.807) is 25.3 Å². The number of para-hydroxylation sites is 2. The van der Waals surface area contributed by atoms with Crippen molar-refractivity contribution in [1.82, 2.24) is 0 Å². The summed E-state index contributed by atoms with van der Waals surface area (Å²) in [6.45, 7) is 2.44. The van der Waals surface area contributed by atoms with Gasteiger partial charge in [-0.2, -0.15) is 0 Å². The predicted molar refractivity (Wildman–Crippen MR) is 86.3 cm³/mol. The van der Waals surface area contributed by atoms with Gasteiger partial charge in [-0.25, -0.2) is 0 Å². The molecule has 0 unspecified atom stereocenters. The normalized spacial score (nSPS) is 10.0. The van der Waals surface area contributed by atoms with Crippen LogP contribution in [-0.2, 0) is 0 Å². The van der Waals surface area contributed by atoms with Crippen molar-refractivity contribution in [2.24, 2.45) is 0 Å². The Hall–Kier alpha value is -2.01. The Labute approximate surface area is 132 Å². The number of amides is 1. The first-order valence-electron chi connectivity index (χ1n) is 6.52. The van der Waals surface area contributed by atoms with Gasteiger partial charge in [-0.3, -0.25) is 4.79 Å². The van der Waals surface area contributed by atoms with Crippen LogP contribution in [0.2, 0.25) is 0 Å². The predicted octanol–water partition coefficient (Wildman–Crippen LogP) is 4.11. The molecule has 0 atom stereocenters. The molecular formula is C16H16BrNO3. The van der Waals surface area contributed by atoms with E-state index in [1.165, 1.54) is 0 Å². The molecule has 1 N–H and O–H groups in total. The van der Waals surface area contributed by atoms with Gasteiger partial charge in [0.2, 0.25) is 0 Å². The summed E-state index contributed by atoms with van der Waals surface area (Å²) in [7, 11) is 1.58. The summed E-state index contributed by atoms with van der Waals surface area (Å²) in [6.07, 6.45) is 0. The summed E-state index contributed by atoms with van der Waals surface area (Å²) in [5.74, 6) is 1.13. The van der Waals surface area contributed by atoms with Gasteiger partial charge in [-0.1, -0.05) is 12.1 Å². The first kappa shape index (κ1) is 15.4. The van der Waals surface area contributed by atoms with Crippen LogP contribution in [0.15, 0.2) is 46.9 Å². The number of carbonyl (C=O) groups excluding carboxylic acids is 1. The van der Waals surface area contributed by atoms with Crippen LogP contribution in [-0.4, -0.2) is 19.6 Å². The Kier molecular flexibility index (Phi) is 5.22. The molecule has 110 valence electrons. The molecule has 0 spiro atoms.